The lowest BCUT2D eigenvalue weighted by Gasteiger charge is -2.26. The SMILES string of the molecule is CCC(C)N(C)CCNC(=O)CC1CCCC(N)C1. The number of carbonyl (C=O) groups excluding carboxylic acids is 1. The maximum absolute atomic E-state index is 11.9. The number of hydrogen-bond acceptors (Lipinski definition) is 3. The van der Waals surface area contributed by atoms with Crippen molar-refractivity contribution < 1.29 is 4.79 Å². The molecule has 3 atom stereocenters. The first-order chi connectivity index (χ1) is 9.02. The molecular formula is C15H31N3O. The molecule has 1 amide bonds. The van der Waals surface area contributed by atoms with E-state index in [0.717, 1.165) is 38.8 Å². The van der Waals surface area contributed by atoms with E-state index in [1.165, 1.54) is 6.42 Å². The molecule has 0 aromatic carbocycles. The Balaban J connectivity index is 2.14. The molecule has 0 bridgehead atoms. The van der Waals surface area contributed by atoms with E-state index in [-0.39, 0.29) is 5.91 Å². The third kappa shape index (κ3) is 6.39. The van der Waals surface area contributed by atoms with Gasteiger partial charge in [-0.25, -0.2) is 0 Å². The van der Waals surface area contributed by atoms with Gasteiger partial charge in [-0.1, -0.05) is 13.3 Å². The second kappa shape index (κ2) is 8.54. The lowest BCUT2D eigenvalue weighted by Crippen LogP contribution is -2.38. The molecule has 4 nitrogen and oxygen atoms in total. The molecule has 0 radical (unpaired) electrons. The number of rotatable bonds is 7. The van der Waals surface area contributed by atoms with Crippen molar-refractivity contribution in [2.45, 2.75) is 64.5 Å². The Morgan fingerprint density at radius 2 is 2.21 bits per heavy atom. The van der Waals surface area contributed by atoms with Crippen molar-refractivity contribution in [3.8, 4) is 0 Å². The minimum Gasteiger partial charge on any atom is -0.355 e. The van der Waals surface area contributed by atoms with E-state index in [1.54, 1.807) is 0 Å². The van der Waals surface area contributed by atoms with Crippen LogP contribution in [-0.2, 0) is 4.79 Å². The zero-order valence-corrected chi connectivity index (χ0v) is 12.8. The van der Waals surface area contributed by atoms with E-state index in [2.05, 4.69) is 31.1 Å². The quantitative estimate of drug-likeness (QED) is 0.740. The van der Waals surface area contributed by atoms with Crippen LogP contribution in [0.25, 0.3) is 0 Å². The van der Waals surface area contributed by atoms with E-state index in [9.17, 15) is 4.79 Å². The Morgan fingerprint density at radius 3 is 2.84 bits per heavy atom. The molecular weight excluding hydrogens is 238 g/mol. The number of carbonyl (C=O) groups is 1. The Hall–Kier alpha value is -0.610. The highest BCUT2D eigenvalue weighted by Gasteiger charge is 2.21. The summed E-state index contributed by atoms with van der Waals surface area (Å²) >= 11 is 0. The molecule has 1 aliphatic rings. The summed E-state index contributed by atoms with van der Waals surface area (Å²) in [6.07, 6.45) is 6.27. The molecule has 4 heteroatoms. The van der Waals surface area contributed by atoms with Crippen molar-refractivity contribution in [1.29, 1.82) is 0 Å². The van der Waals surface area contributed by atoms with Crippen molar-refractivity contribution in [2.75, 3.05) is 20.1 Å². The summed E-state index contributed by atoms with van der Waals surface area (Å²) in [4.78, 5) is 14.2. The van der Waals surface area contributed by atoms with Crippen LogP contribution in [0.4, 0.5) is 0 Å². The highest BCUT2D eigenvalue weighted by atomic mass is 16.1. The van der Waals surface area contributed by atoms with Gasteiger partial charge in [-0.3, -0.25) is 4.79 Å². The van der Waals surface area contributed by atoms with Gasteiger partial charge in [0.2, 0.25) is 5.91 Å². The predicted octanol–water partition coefficient (Wildman–Crippen LogP) is 1.74. The molecule has 0 spiro atoms. The normalized spacial score (nSPS) is 25.3. The van der Waals surface area contributed by atoms with E-state index >= 15 is 0 Å². The van der Waals surface area contributed by atoms with Crippen LogP contribution in [0.5, 0.6) is 0 Å². The molecule has 3 N–H and O–H groups in total. The van der Waals surface area contributed by atoms with Crippen LogP contribution in [0.1, 0.15) is 52.4 Å². The fourth-order valence-corrected chi connectivity index (χ4v) is 2.76. The zero-order chi connectivity index (χ0) is 14.3. The topological polar surface area (TPSA) is 58.4 Å². The first-order valence-electron chi connectivity index (χ1n) is 7.75. The molecule has 19 heavy (non-hydrogen) atoms. The maximum atomic E-state index is 11.9. The third-order valence-electron chi connectivity index (χ3n) is 4.43. The van der Waals surface area contributed by atoms with Gasteiger partial charge in [0.15, 0.2) is 0 Å². The van der Waals surface area contributed by atoms with Crippen LogP contribution in [-0.4, -0.2) is 43.0 Å². The maximum Gasteiger partial charge on any atom is 0.220 e. The van der Waals surface area contributed by atoms with Crippen molar-refractivity contribution in [3.63, 3.8) is 0 Å². The van der Waals surface area contributed by atoms with E-state index in [0.29, 0.717) is 24.4 Å². The number of hydrogen-bond donors (Lipinski definition) is 2. The summed E-state index contributed by atoms with van der Waals surface area (Å²) in [7, 11) is 2.11. The van der Waals surface area contributed by atoms with Gasteiger partial charge in [0.25, 0.3) is 0 Å². The molecule has 0 saturated heterocycles. The molecule has 1 rings (SSSR count). The van der Waals surface area contributed by atoms with Crippen LogP contribution in [0.15, 0.2) is 0 Å². The summed E-state index contributed by atoms with van der Waals surface area (Å²) < 4.78 is 0. The largest absolute Gasteiger partial charge is 0.355 e. The highest BCUT2D eigenvalue weighted by molar-refractivity contribution is 5.76. The molecule has 1 saturated carbocycles. The number of amides is 1. The smallest absolute Gasteiger partial charge is 0.220 e. The summed E-state index contributed by atoms with van der Waals surface area (Å²) in [5.41, 5.74) is 5.95. The molecule has 1 aliphatic carbocycles. The van der Waals surface area contributed by atoms with Crippen LogP contribution in [0.2, 0.25) is 0 Å². The summed E-state index contributed by atoms with van der Waals surface area (Å²) in [6, 6.07) is 0.885. The van der Waals surface area contributed by atoms with Crippen LogP contribution in [0, 0.1) is 5.92 Å². The second-order valence-electron chi connectivity index (χ2n) is 6.08. The van der Waals surface area contributed by atoms with E-state index in [4.69, 9.17) is 5.73 Å². The van der Waals surface area contributed by atoms with Gasteiger partial charge >= 0.3 is 0 Å². The molecule has 0 aromatic heterocycles. The van der Waals surface area contributed by atoms with Gasteiger partial charge in [-0.15, -0.1) is 0 Å². The van der Waals surface area contributed by atoms with E-state index in [1.807, 2.05) is 0 Å². The Morgan fingerprint density at radius 1 is 1.47 bits per heavy atom. The molecule has 3 unspecified atom stereocenters. The molecule has 0 aliphatic heterocycles. The number of nitrogens with zero attached hydrogens (tertiary/aromatic N) is 1. The van der Waals surface area contributed by atoms with Gasteiger partial charge in [0.05, 0.1) is 0 Å². The third-order valence-corrected chi connectivity index (χ3v) is 4.43. The Kier molecular flexibility index (Phi) is 7.39. The van der Waals surface area contributed by atoms with Crippen molar-refractivity contribution >= 4 is 5.91 Å². The van der Waals surface area contributed by atoms with Gasteiger partial charge in [-0.2, -0.15) is 0 Å². The molecule has 112 valence electrons. The predicted molar refractivity (Wildman–Crippen MR) is 79.9 cm³/mol. The van der Waals surface area contributed by atoms with Crippen molar-refractivity contribution in [3.05, 3.63) is 0 Å². The first-order valence-corrected chi connectivity index (χ1v) is 7.75. The lowest BCUT2D eigenvalue weighted by atomic mass is 9.84. The van der Waals surface area contributed by atoms with E-state index < -0.39 is 0 Å². The Labute approximate surface area is 118 Å². The summed E-state index contributed by atoms with van der Waals surface area (Å²) in [5.74, 6) is 0.688. The monoisotopic (exact) mass is 269 g/mol. The number of nitrogens with one attached hydrogen (secondary N) is 1. The summed E-state index contributed by atoms with van der Waals surface area (Å²) in [6.45, 7) is 6.07. The number of nitrogens with two attached hydrogens (primary N) is 1. The average molecular weight is 269 g/mol. The average Bonchev–Trinajstić information content (AvgIpc) is 2.37. The van der Waals surface area contributed by atoms with Gasteiger partial charge < -0.3 is 16.0 Å². The standard InChI is InChI=1S/C15H31N3O/c1-4-12(2)18(3)9-8-17-15(19)11-13-6-5-7-14(16)10-13/h12-14H,4-11,16H2,1-3H3,(H,17,19). The molecule has 0 heterocycles. The van der Waals surface area contributed by atoms with Crippen LogP contribution < -0.4 is 11.1 Å². The van der Waals surface area contributed by atoms with Gasteiger partial charge in [0.1, 0.15) is 0 Å². The summed E-state index contributed by atoms with van der Waals surface area (Å²) in [5, 5.41) is 3.03. The first kappa shape index (κ1) is 16.4. The van der Waals surface area contributed by atoms with Crippen molar-refractivity contribution in [2.24, 2.45) is 11.7 Å². The van der Waals surface area contributed by atoms with Crippen molar-refractivity contribution in [1.82, 2.24) is 10.2 Å². The lowest BCUT2D eigenvalue weighted by molar-refractivity contribution is -0.122. The highest BCUT2D eigenvalue weighted by Crippen LogP contribution is 2.25. The van der Waals surface area contributed by atoms with Crippen LogP contribution in [0.3, 0.4) is 0 Å². The molecule has 1 fully saturated rings. The van der Waals surface area contributed by atoms with Gasteiger partial charge in [0, 0.05) is 31.6 Å². The fraction of sp³-hybridized carbons (Fsp3) is 0.933. The zero-order valence-electron chi connectivity index (χ0n) is 12.8. The second-order valence-corrected chi connectivity index (χ2v) is 6.08. The number of likely N-dealkylation sites (N-methyl/N-ethyl adjacent to an activating group) is 1. The minimum atomic E-state index is 0.191. The molecule has 0 aromatic rings. The Bertz CT molecular complexity index is 270. The minimum absolute atomic E-state index is 0.191. The van der Waals surface area contributed by atoms with Crippen LogP contribution >= 0.6 is 0 Å². The fourth-order valence-electron chi connectivity index (χ4n) is 2.76. The van der Waals surface area contributed by atoms with Gasteiger partial charge in [-0.05, 0) is 45.6 Å².